The number of hydrogen-bond acceptors (Lipinski definition) is 5. The molecule has 0 saturated carbocycles. The zero-order valence-electron chi connectivity index (χ0n) is 16.3. The zero-order valence-corrected chi connectivity index (χ0v) is 16.3. The lowest BCUT2D eigenvalue weighted by Gasteiger charge is -2.33. The fourth-order valence-electron chi connectivity index (χ4n) is 4.70. The van der Waals surface area contributed by atoms with Gasteiger partial charge in [-0.3, -0.25) is 9.59 Å². The number of benzene rings is 3. The van der Waals surface area contributed by atoms with Crippen LogP contribution in [0.15, 0.2) is 60.7 Å². The van der Waals surface area contributed by atoms with Gasteiger partial charge in [0.05, 0.1) is 13.0 Å². The minimum atomic E-state index is -1.22. The number of carbonyl (C=O) groups excluding carboxylic acids is 2. The number of rotatable bonds is 2. The van der Waals surface area contributed by atoms with Gasteiger partial charge in [0, 0.05) is 17.3 Å². The number of carbonyl (C=O) groups is 2. The third kappa shape index (κ3) is 2.49. The SMILES string of the molecule is O=C1CC2(C(=O)N(Cc3ccc(F)cc3)c3ccccc32)c2cc3c(cc2O1)OCO3. The summed E-state index contributed by atoms with van der Waals surface area (Å²) in [4.78, 5) is 28.3. The van der Waals surface area contributed by atoms with Crippen molar-refractivity contribution in [2.45, 2.75) is 18.4 Å². The van der Waals surface area contributed by atoms with Crippen molar-refractivity contribution in [2.24, 2.45) is 0 Å². The highest BCUT2D eigenvalue weighted by Gasteiger charge is 2.57. The molecule has 0 aromatic heterocycles. The van der Waals surface area contributed by atoms with Crippen LogP contribution in [0, 0.1) is 5.82 Å². The van der Waals surface area contributed by atoms with Gasteiger partial charge in [-0.05, 0) is 35.4 Å². The van der Waals surface area contributed by atoms with Crippen LogP contribution in [0.25, 0.3) is 0 Å². The average Bonchev–Trinajstić information content (AvgIpc) is 3.31. The Kier molecular flexibility index (Phi) is 3.65. The lowest BCUT2D eigenvalue weighted by Crippen LogP contribution is -2.45. The van der Waals surface area contributed by atoms with E-state index < -0.39 is 11.4 Å². The molecule has 3 aliphatic rings. The van der Waals surface area contributed by atoms with Gasteiger partial charge in [-0.15, -0.1) is 0 Å². The summed E-state index contributed by atoms with van der Waals surface area (Å²) in [6.07, 6.45) is -0.116. The second kappa shape index (κ2) is 6.31. The van der Waals surface area contributed by atoms with Gasteiger partial charge in [-0.2, -0.15) is 0 Å². The van der Waals surface area contributed by atoms with Crippen molar-refractivity contribution in [1.29, 1.82) is 0 Å². The Labute approximate surface area is 176 Å². The lowest BCUT2D eigenvalue weighted by atomic mass is 9.71. The molecule has 0 saturated heterocycles. The number of hydrogen-bond donors (Lipinski definition) is 0. The van der Waals surface area contributed by atoms with Crippen LogP contribution in [0.5, 0.6) is 17.2 Å². The molecule has 0 bridgehead atoms. The van der Waals surface area contributed by atoms with Crippen LogP contribution in [0.1, 0.15) is 23.1 Å². The predicted molar refractivity (Wildman–Crippen MR) is 108 cm³/mol. The molecule has 3 aliphatic heterocycles. The van der Waals surface area contributed by atoms with Crippen LogP contribution in [0.3, 0.4) is 0 Å². The van der Waals surface area contributed by atoms with Gasteiger partial charge in [0.15, 0.2) is 11.5 Å². The number of fused-ring (bicyclic) bond motifs is 5. The molecule has 3 heterocycles. The number of nitrogens with zero attached hydrogens (tertiary/aromatic N) is 1. The molecule has 6 nitrogen and oxygen atoms in total. The van der Waals surface area contributed by atoms with E-state index in [0.29, 0.717) is 22.8 Å². The van der Waals surface area contributed by atoms with Gasteiger partial charge in [-0.1, -0.05) is 30.3 Å². The monoisotopic (exact) mass is 417 g/mol. The smallest absolute Gasteiger partial charge is 0.312 e. The number of esters is 1. The molecular weight excluding hydrogens is 401 g/mol. The van der Waals surface area contributed by atoms with E-state index in [0.717, 1.165) is 16.8 Å². The summed E-state index contributed by atoms with van der Waals surface area (Å²) in [6, 6.07) is 16.8. The van der Waals surface area contributed by atoms with E-state index in [9.17, 15) is 14.0 Å². The molecule has 3 aromatic rings. The Morgan fingerprint density at radius 2 is 1.65 bits per heavy atom. The summed E-state index contributed by atoms with van der Waals surface area (Å²) < 4.78 is 29.8. The molecular formula is C24H16FNO5. The first-order valence-electron chi connectivity index (χ1n) is 9.87. The lowest BCUT2D eigenvalue weighted by molar-refractivity contribution is -0.140. The van der Waals surface area contributed by atoms with Gasteiger partial charge in [0.1, 0.15) is 17.0 Å². The van der Waals surface area contributed by atoms with Gasteiger partial charge in [-0.25, -0.2) is 4.39 Å². The Bertz CT molecular complexity index is 1260. The quantitative estimate of drug-likeness (QED) is 0.470. The maximum atomic E-state index is 14.0. The van der Waals surface area contributed by atoms with Gasteiger partial charge in [0.2, 0.25) is 12.7 Å². The zero-order chi connectivity index (χ0) is 21.2. The van der Waals surface area contributed by atoms with Gasteiger partial charge < -0.3 is 19.1 Å². The van der Waals surface area contributed by atoms with E-state index in [1.165, 1.54) is 12.1 Å². The van der Waals surface area contributed by atoms with Crippen molar-refractivity contribution < 1.29 is 28.2 Å². The van der Waals surface area contributed by atoms with Gasteiger partial charge >= 0.3 is 5.97 Å². The number of para-hydroxylation sites is 1. The number of halogens is 1. The van der Waals surface area contributed by atoms with Crippen molar-refractivity contribution in [3.63, 3.8) is 0 Å². The Hall–Kier alpha value is -3.87. The predicted octanol–water partition coefficient (Wildman–Crippen LogP) is 3.70. The number of anilines is 1. The van der Waals surface area contributed by atoms with Crippen molar-refractivity contribution in [2.75, 3.05) is 11.7 Å². The maximum absolute atomic E-state index is 14.0. The van der Waals surface area contributed by atoms with Crippen LogP contribution in [0.4, 0.5) is 10.1 Å². The summed E-state index contributed by atoms with van der Waals surface area (Å²) in [7, 11) is 0. The summed E-state index contributed by atoms with van der Waals surface area (Å²) in [6.45, 7) is 0.327. The first-order valence-corrected chi connectivity index (χ1v) is 9.87. The van der Waals surface area contributed by atoms with Crippen LogP contribution in [-0.2, 0) is 21.5 Å². The van der Waals surface area contributed by atoms with Crippen molar-refractivity contribution in [1.82, 2.24) is 0 Å². The second-order valence-electron chi connectivity index (χ2n) is 7.79. The fraction of sp³-hybridized carbons (Fsp3) is 0.167. The molecule has 1 amide bonds. The van der Waals surface area contributed by atoms with Gasteiger partial charge in [0.25, 0.3) is 0 Å². The Morgan fingerprint density at radius 3 is 2.45 bits per heavy atom. The molecule has 3 aromatic carbocycles. The van der Waals surface area contributed by atoms with E-state index in [1.807, 2.05) is 24.3 Å². The highest BCUT2D eigenvalue weighted by atomic mass is 19.1. The molecule has 0 fully saturated rings. The third-order valence-corrected chi connectivity index (χ3v) is 6.09. The second-order valence-corrected chi connectivity index (χ2v) is 7.79. The minimum Gasteiger partial charge on any atom is -0.454 e. The van der Waals surface area contributed by atoms with Crippen LogP contribution in [0.2, 0.25) is 0 Å². The average molecular weight is 417 g/mol. The maximum Gasteiger partial charge on any atom is 0.312 e. The normalized spacial score (nSPS) is 20.6. The fourth-order valence-corrected chi connectivity index (χ4v) is 4.70. The Balaban J connectivity index is 1.54. The molecule has 0 radical (unpaired) electrons. The van der Waals surface area contributed by atoms with E-state index in [4.69, 9.17) is 14.2 Å². The number of amides is 1. The first-order chi connectivity index (χ1) is 15.1. The summed E-state index contributed by atoms with van der Waals surface area (Å²) >= 11 is 0. The minimum absolute atomic E-state index is 0.0698. The standard InChI is InChI=1S/C24H16FNO5/c25-15-7-5-14(6-8-15)12-26-18-4-2-1-3-16(18)24(23(26)28)11-22(27)31-19-10-21-20(9-17(19)24)29-13-30-21/h1-10H,11-13H2. The molecule has 1 spiro atoms. The Morgan fingerprint density at radius 1 is 0.903 bits per heavy atom. The molecule has 6 rings (SSSR count). The largest absolute Gasteiger partial charge is 0.454 e. The topological polar surface area (TPSA) is 65.1 Å². The van der Waals surface area contributed by atoms with Crippen LogP contribution < -0.4 is 19.1 Å². The van der Waals surface area contributed by atoms with Crippen molar-refractivity contribution >= 4 is 17.6 Å². The van der Waals surface area contributed by atoms with Crippen molar-refractivity contribution in [3.05, 3.63) is 83.2 Å². The molecule has 1 atom stereocenters. The number of ether oxygens (including phenoxy) is 3. The summed E-state index contributed by atoms with van der Waals surface area (Å²) in [5, 5.41) is 0. The molecule has 0 aliphatic carbocycles. The molecule has 154 valence electrons. The van der Waals surface area contributed by atoms with Crippen molar-refractivity contribution in [3.8, 4) is 17.2 Å². The third-order valence-electron chi connectivity index (χ3n) is 6.09. The molecule has 0 N–H and O–H groups in total. The highest BCUT2D eigenvalue weighted by molar-refractivity contribution is 6.13. The van der Waals surface area contributed by atoms with Crippen LogP contribution >= 0.6 is 0 Å². The summed E-state index contributed by atoms with van der Waals surface area (Å²) in [5.74, 6) is 0.234. The molecule has 31 heavy (non-hydrogen) atoms. The van der Waals surface area contributed by atoms with E-state index >= 15 is 0 Å². The highest BCUT2D eigenvalue weighted by Crippen LogP contribution is 2.55. The molecule has 7 heteroatoms. The van der Waals surface area contributed by atoms with E-state index in [-0.39, 0.29) is 31.5 Å². The van der Waals surface area contributed by atoms with E-state index in [2.05, 4.69) is 0 Å². The van der Waals surface area contributed by atoms with E-state index in [1.54, 1.807) is 29.2 Å². The summed E-state index contributed by atoms with van der Waals surface area (Å²) in [5.41, 5.74) is 1.60. The molecule has 1 unspecified atom stereocenters. The first kappa shape index (κ1) is 17.9. The van der Waals surface area contributed by atoms with Crippen LogP contribution in [-0.4, -0.2) is 18.7 Å².